The molecule has 2 aromatic rings. The summed E-state index contributed by atoms with van der Waals surface area (Å²) in [7, 11) is 1.36. The zero-order valence-electron chi connectivity index (χ0n) is 20.0. The van der Waals surface area contributed by atoms with Gasteiger partial charge in [0.1, 0.15) is 11.9 Å². The van der Waals surface area contributed by atoms with Gasteiger partial charge in [-0.2, -0.15) is 0 Å². The molecule has 1 saturated heterocycles. The zero-order chi connectivity index (χ0) is 24.0. The number of esters is 1. The molecule has 0 unspecified atom stereocenters. The van der Waals surface area contributed by atoms with Gasteiger partial charge in [0.15, 0.2) is 0 Å². The number of nitrogen functional groups attached to an aromatic ring is 1. The van der Waals surface area contributed by atoms with E-state index in [0.29, 0.717) is 30.9 Å². The summed E-state index contributed by atoms with van der Waals surface area (Å²) in [6, 6.07) is 9.82. The van der Waals surface area contributed by atoms with Gasteiger partial charge in [-0.15, -0.1) is 24.8 Å². The molecule has 0 bridgehead atoms. The number of methoxy groups -OCH3 is 1. The van der Waals surface area contributed by atoms with E-state index in [9.17, 15) is 14.4 Å². The average Bonchev–Trinajstić information content (AvgIpc) is 3.27. The molecule has 1 aromatic carbocycles. The Morgan fingerprint density at radius 3 is 2.49 bits per heavy atom. The highest BCUT2D eigenvalue weighted by Crippen LogP contribution is 2.20. The maximum Gasteiger partial charge on any atom is 0.337 e. The largest absolute Gasteiger partial charge is 0.465 e. The quantitative estimate of drug-likeness (QED) is 0.386. The zero-order valence-corrected chi connectivity index (χ0v) is 21.6. The fourth-order valence-corrected chi connectivity index (χ4v) is 3.90. The molecular formula is C24H33Cl2N5O4. The maximum atomic E-state index is 12.6. The highest BCUT2D eigenvalue weighted by molar-refractivity contribution is 5.90. The van der Waals surface area contributed by atoms with Crippen LogP contribution in [-0.2, 0) is 27.3 Å². The molecular weight excluding hydrogens is 493 g/mol. The summed E-state index contributed by atoms with van der Waals surface area (Å²) in [5, 5.41) is 8.86. The molecule has 1 aliphatic heterocycles. The highest BCUT2D eigenvalue weighted by Gasteiger charge is 2.31. The number of aryl methyl sites for hydroxylation is 1. The van der Waals surface area contributed by atoms with Crippen LogP contribution >= 0.6 is 24.8 Å². The number of hydrogen-bond acceptors (Lipinski definition) is 7. The number of pyridine rings is 1. The van der Waals surface area contributed by atoms with Crippen molar-refractivity contribution >= 4 is 48.4 Å². The molecule has 9 nitrogen and oxygen atoms in total. The number of halogens is 2. The predicted molar refractivity (Wildman–Crippen MR) is 139 cm³/mol. The molecule has 0 spiro atoms. The van der Waals surface area contributed by atoms with Crippen molar-refractivity contribution in [3.63, 3.8) is 0 Å². The van der Waals surface area contributed by atoms with E-state index in [1.807, 2.05) is 25.1 Å². The van der Waals surface area contributed by atoms with Crippen LogP contribution in [0.4, 0.5) is 5.82 Å². The van der Waals surface area contributed by atoms with Crippen molar-refractivity contribution in [2.24, 2.45) is 5.92 Å². The van der Waals surface area contributed by atoms with Crippen LogP contribution in [-0.4, -0.2) is 48.5 Å². The van der Waals surface area contributed by atoms with Gasteiger partial charge < -0.3 is 26.4 Å². The fourth-order valence-electron chi connectivity index (χ4n) is 3.90. The van der Waals surface area contributed by atoms with Crippen molar-refractivity contribution in [2.45, 2.75) is 45.3 Å². The number of nitrogens with two attached hydrogens (primary N) is 1. The van der Waals surface area contributed by atoms with Crippen molar-refractivity contribution in [1.29, 1.82) is 0 Å². The van der Waals surface area contributed by atoms with E-state index in [0.717, 1.165) is 23.2 Å². The summed E-state index contributed by atoms with van der Waals surface area (Å²) in [5.41, 5.74) is 8.89. The highest BCUT2D eigenvalue weighted by atomic mass is 35.5. The van der Waals surface area contributed by atoms with Crippen molar-refractivity contribution < 1.29 is 19.1 Å². The van der Waals surface area contributed by atoms with Gasteiger partial charge in [0.2, 0.25) is 11.8 Å². The van der Waals surface area contributed by atoms with Gasteiger partial charge in [-0.3, -0.25) is 9.59 Å². The van der Waals surface area contributed by atoms with E-state index >= 15 is 0 Å². The average molecular weight is 526 g/mol. The molecule has 1 aromatic heterocycles. The molecule has 0 aliphatic carbocycles. The molecule has 35 heavy (non-hydrogen) atoms. The Kier molecular flexibility index (Phi) is 11.9. The van der Waals surface area contributed by atoms with Gasteiger partial charge in [-0.25, -0.2) is 9.78 Å². The second-order valence-corrected chi connectivity index (χ2v) is 8.38. The molecule has 1 aliphatic rings. The third-order valence-electron chi connectivity index (χ3n) is 5.86. The van der Waals surface area contributed by atoms with E-state index < -0.39 is 6.04 Å². The summed E-state index contributed by atoms with van der Waals surface area (Å²) in [6.07, 6.45) is 1.47. The second kappa shape index (κ2) is 13.9. The number of aromatic nitrogens is 1. The van der Waals surface area contributed by atoms with Crippen molar-refractivity contribution in [2.75, 3.05) is 19.4 Å². The Morgan fingerprint density at radius 1 is 1.17 bits per heavy atom. The molecule has 3 atom stereocenters. The number of ether oxygens (including phenoxy) is 1. The lowest BCUT2D eigenvalue weighted by atomic mass is 9.96. The van der Waals surface area contributed by atoms with E-state index in [1.54, 1.807) is 25.1 Å². The number of carbonyl (C=O) groups is 3. The van der Waals surface area contributed by atoms with Gasteiger partial charge in [-0.1, -0.05) is 18.2 Å². The lowest BCUT2D eigenvalue weighted by Gasteiger charge is -2.17. The molecule has 5 N–H and O–H groups in total. The first-order chi connectivity index (χ1) is 15.8. The normalized spacial score (nSPS) is 17.3. The van der Waals surface area contributed by atoms with Crippen LogP contribution in [0, 0.1) is 12.8 Å². The lowest BCUT2D eigenvalue weighted by molar-refractivity contribution is -0.129. The van der Waals surface area contributed by atoms with Gasteiger partial charge >= 0.3 is 5.97 Å². The van der Waals surface area contributed by atoms with Crippen molar-refractivity contribution in [1.82, 2.24) is 20.9 Å². The Hall–Kier alpha value is -2.88. The number of rotatable bonds is 8. The number of amides is 2. The number of nitrogens with zero attached hydrogens (tertiary/aromatic N) is 1. The molecule has 0 saturated carbocycles. The Labute approximate surface area is 217 Å². The molecule has 0 radical (unpaired) electrons. The van der Waals surface area contributed by atoms with Crippen LogP contribution in [0.2, 0.25) is 0 Å². The van der Waals surface area contributed by atoms with Crippen molar-refractivity contribution in [3.05, 3.63) is 58.8 Å². The Morgan fingerprint density at radius 2 is 1.86 bits per heavy atom. The first-order valence-corrected chi connectivity index (χ1v) is 11.0. The fraction of sp³-hybridized carbons (Fsp3) is 0.417. The van der Waals surface area contributed by atoms with E-state index in [2.05, 4.69) is 20.9 Å². The summed E-state index contributed by atoms with van der Waals surface area (Å²) in [4.78, 5) is 40.8. The second-order valence-electron chi connectivity index (χ2n) is 8.38. The predicted octanol–water partition coefficient (Wildman–Crippen LogP) is 1.94. The van der Waals surface area contributed by atoms with Gasteiger partial charge in [-0.05, 0) is 68.5 Å². The number of anilines is 1. The Bertz CT molecular complexity index is 1020. The van der Waals surface area contributed by atoms with E-state index in [4.69, 9.17) is 10.5 Å². The summed E-state index contributed by atoms with van der Waals surface area (Å²) in [5.74, 6) is -0.0933. The molecule has 11 heteroatoms. The summed E-state index contributed by atoms with van der Waals surface area (Å²) < 4.78 is 4.72. The van der Waals surface area contributed by atoms with Gasteiger partial charge in [0.25, 0.3) is 0 Å². The molecule has 2 heterocycles. The number of benzene rings is 1. The first kappa shape index (κ1) is 30.2. The first-order valence-electron chi connectivity index (χ1n) is 11.0. The van der Waals surface area contributed by atoms with Crippen LogP contribution in [0.15, 0.2) is 36.4 Å². The molecule has 1 fully saturated rings. The minimum absolute atomic E-state index is 0. The van der Waals surface area contributed by atoms with E-state index in [1.165, 1.54) is 7.11 Å². The standard InChI is InChI=1S/C24H31N5O4.2ClH/c1-14-19(8-9-21(25)28-14)13-27-22(30)15(2)29-23(31)20-11-17(12-26-20)10-16-4-6-18(7-5-16)24(32)33-3;;/h4-9,15,17,20,26H,10-13H2,1-3H3,(H2,25,28)(H,27,30)(H,29,31);2*1H/t15-,17-,20+;;/m0../s1. The molecule has 192 valence electrons. The van der Waals surface area contributed by atoms with Gasteiger partial charge in [0.05, 0.1) is 18.7 Å². The Balaban J connectivity index is 0.00000306. The lowest BCUT2D eigenvalue weighted by Crippen LogP contribution is -2.50. The summed E-state index contributed by atoms with van der Waals surface area (Å²) in [6.45, 7) is 4.52. The van der Waals surface area contributed by atoms with Crippen LogP contribution < -0.4 is 21.7 Å². The number of hydrogen-bond donors (Lipinski definition) is 4. The minimum atomic E-state index is -0.661. The van der Waals surface area contributed by atoms with Crippen molar-refractivity contribution in [3.8, 4) is 0 Å². The molecule has 2 amide bonds. The maximum absolute atomic E-state index is 12.6. The topological polar surface area (TPSA) is 135 Å². The van der Waals surface area contributed by atoms with Crippen LogP contribution in [0.3, 0.4) is 0 Å². The third-order valence-corrected chi connectivity index (χ3v) is 5.86. The SMILES string of the molecule is COC(=O)c1ccc(C[C@@H]2CN[C@@H](C(=O)N[C@@H](C)C(=O)NCc3ccc(N)nc3C)C2)cc1.Cl.Cl. The van der Waals surface area contributed by atoms with Crippen LogP contribution in [0.1, 0.15) is 40.5 Å². The van der Waals surface area contributed by atoms with E-state index in [-0.39, 0.29) is 54.6 Å². The number of nitrogens with one attached hydrogen (secondary N) is 3. The molecule has 3 rings (SSSR count). The van der Waals surface area contributed by atoms with Crippen LogP contribution in [0.25, 0.3) is 0 Å². The monoisotopic (exact) mass is 525 g/mol. The summed E-state index contributed by atoms with van der Waals surface area (Å²) >= 11 is 0. The smallest absolute Gasteiger partial charge is 0.337 e. The third kappa shape index (κ3) is 8.38. The minimum Gasteiger partial charge on any atom is -0.465 e. The number of carbonyl (C=O) groups excluding carboxylic acids is 3. The van der Waals surface area contributed by atoms with Crippen LogP contribution in [0.5, 0.6) is 0 Å². The van der Waals surface area contributed by atoms with Gasteiger partial charge in [0, 0.05) is 12.2 Å².